The summed E-state index contributed by atoms with van der Waals surface area (Å²) < 4.78 is 13.3. The van der Waals surface area contributed by atoms with Crippen LogP contribution in [0.5, 0.6) is 0 Å². The van der Waals surface area contributed by atoms with Crippen molar-refractivity contribution >= 4 is 11.9 Å². The number of benzene rings is 1. The average Bonchev–Trinajstić information content (AvgIpc) is 2.57. The molecule has 0 spiro atoms. The molecule has 1 saturated heterocycles. The highest BCUT2D eigenvalue weighted by Gasteiger charge is 2.38. The first kappa shape index (κ1) is 12.5. The van der Waals surface area contributed by atoms with Crippen LogP contribution in [0.4, 0.5) is 9.18 Å². The lowest BCUT2D eigenvalue weighted by molar-refractivity contribution is 0.190. The van der Waals surface area contributed by atoms with Crippen LogP contribution in [0.15, 0.2) is 18.2 Å². The second-order valence-electron chi connectivity index (χ2n) is 4.76. The zero-order valence-corrected chi connectivity index (χ0v) is 10.6. The molecule has 1 fully saturated rings. The third-order valence-electron chi connectivity index (χ3n) is 3.08. The van der Waals surface area contributed by atoms with Crippen LogP contribution in [0.3, 0.4) is 0 Å². The van der Waals surface area contributed by atoms with Gasteiger partial charge in [-0.3, -0.25) is 10.7 Å². The second kappa shape index (κ2) is 4.40. The number of carbonyl (C=O) groups is 1. The number of carbonyl (C=O) groups excluding carboxylic acids is 1. The average molecular weight is 249 g/mol. The van der Waals surface area contributed by atoms with Gasteiger partial charge in [0.1, 0.15) is 17.7 Å². The fourth-order valence-corrected chi connectivity index (χ4v) is 2.20. The number of halogens is 1. The minimum absolute atomic E-state index is 0.0248. The topological polar surface area (TPSA) is 56.2 Å². The van der Waals surface area contributed by atoms with Crippen LogP contribution in [0.25, 0.3) is 0 Å². The lowest BCUT2D eigenvalue weighted by Crippen LogP contribution is -2.35. The van der Waals surface area contributed by atoms with Gasteiger partial charge in [0, 0.05) is 6.04 Å². The molecule has 96 valence electrons. The molecule has 0 aliphatic carbocycles. The standard InChI is InChI=1S/C13H16FN3O/c1-7(2)17-11(12(15)16-13(17)18)9-4-5-10(14)8(3)6-9/h4-7,11H,1-3H3,(H2,15,16,18). The van der Waals surface area contributed by atoms with Crippen LogP contribution in [0, 0.1) is 18.2 Å². The maximum Gasteiger partial charge on any atom is 0.323 e. The summed E-state index contributed by atoms with van der Waals surface area (Å²) in [6.07, 6.45) is 0. The van der Waals surface area contributed by atoms with Crippen molar-refractivity contribution in [1.29, 1.82) is 5.41 Å². The summed E-state index contributed by atoms with van der Waals surface area (Å²) in [6, 6.07) is 3.93. The van der Waals surface area contributed by atoms with Crippen molar-refractivity contribution in [2.75, 3.05) is 0 Å². The minimum Gasteiger partial charge on any atom is -0.308 e. The van der Waals surface area contributed by atoms with Gasteiger partial charge in [-0.15, -0.1) is 0 Å². The first-order chi connectivity index (χ1) is 8.41. The molecule has 18 heavy (non-hydrogen) atoms. The summed E-state index contributed by atoms with van der Waals surface area (Å²) in [5.74, 6) is -0.140. The van der Waals surface area contributed by atoms with E-state index in [1.807, 2.05) is 13.8 Å². The molecule has 0 saturated carbocycles. The Morgan fingerprint density at radius 3 is 2.67 bits per heavy atom. The number of aryl methyl sites for hydroxylation is 1. The normalized spacial score (nSPS) is 19.6. The van der Waals surface area contributed by atoms with Crippen molar-refractivity contribution in [3.05, 3.63) is 35.1 Å². The van der Waals surface area contributed by atoms with Crippen LogP contribution in [-0.2, 0) is 0 Å². The van der Waals surface area contributed by atoms with Gasteiger partial charge in [0.15, 0.2) is 0 Å². The predicted octanol–water partition coefficient (Wildman–Crippen LogP) is 2.59. The van der Waals surface area contributed by atoms with Crippen molar-refractivity contribution in [1.82, 2.24) is 10.2 Å². The molecule has 5 heteroatoms. The van der Waals surface area contributed by atoms with Crippen LogP contribution >= 0.6 is 0 Å². The second-order valence-corrected chi connectivity index (χ2v) is 4.76. The lowest BCUT2D eigenvalue weighted by Gasteiger charge is -2.26. The molecule has 0 bridgehead atoms. The Kier molecular flexibility index (Phi) is 3.07. The molecule has 1 aliphatic rings. The van der Waals surface area contributed by atoms with E-state index in [-0.39, 0.29) is 23.7 Å². The molecule has 1 aromatic carbocycles. The third kappa shape index (κ3) is 1.96. The molecule has 1 aromatic rings. The Hall–Kier alpha value is -1.91. The Balaban J connectivity index is 2.43. The van der Waals surface area contributed by atoms with E-state index in [1.165, 1.54) is 6.07 Å². The zero-order chi connectivity index (χ0) is 13.4. The Morgan fingerprint density at radius 1 is 1.44 bits per heavy atom. The molecule has 2 N–H and O–H groups in total. The summed E-state index contributed by atoms with van der Waals surface area (Å²) in [5, 5.41) is 10.4. The summed E-state index contributed by atoms with van der Waals surface area (Å²) in [5.41, 5.74) is 1.27. The van der Waals surface area contributed by atoms with E-state index in [1.54, 1.807) is 24.0 Å². The summed E-state index contributed by atoms with van der Waals surface area (Å²) in [6.45, 7) is 5.45. The van der Waals surface area contributed by atoms with E-state index in [0.29, 0.717) is 5.56 Å². The molecular formula is C13H16FN3O. The predicted molar refractivity (Wildman–Crippen MR) is 67.1 cm³/mol. The highest BCUT2D eigenvalue weighted by molar-refractivity contribution is 6.06. The highest BCUT2D eigenvalue weighted by atomic mass is 19.1. The molecule has 0 radical (unpaired) electrons. The van der Waals surface area contributed by atoms with Gasteiger partial charge in [-0.1, -0.05) is 12.1 Å². The molecule has 2 amide bonds. The van der Waals surface area contributed by atoms with Gasteiger partial charge in [0.05, 0.1) is 0 Å². The van der Waals surface area contributed by atoms with Crippen molar-refractivity contribution in [2.24, 2.45) is 0 Å². The number of nitrogens with one attached hydrogen (secondary N) is 2. The molecule has 1 atom stereocenters. The molecule has 1 aliphatic heterocycles. The van der Waals surface area contributed by atoms with E-state index >= 15 is 0 Å². The van der Waals surface area contributed by atoms with Crippen LogP contribution in [0.2, 0.25) is 0 Å². The van der Waals surface area contributed by atoms with E-state index in [2.05, 4.69) is 5.32 Å². The van der Waals surface area contributed by atoms with Crippen molar-refractivity contribution < 1.29 is 9.18 Å². The minimum atomic E-state index is -0.447. The molecule has 0 aromatic heterocycles. The molecule has 1 unspecified atom stereocenters. The maximum atomic E-state index is 13.3. The SMILES string of the molecule is Cc1cc(C2C(=N)NC(=O)N2C(C)C)ccc1F. The lowest BCUT2D eigenvalue weighted by atomic mass is 10.0. The highest BCUT2D eigenvalue weighted by Crippen LogP contribution is 2.28. The first-order valence-electron chi connectivity index (χ1n) is 5.85. The number of hydrogen-bond donors (Lipinski definition) is 2. The van der Waals surface area contributed by atoms with E-state index in [9.17, 15) is 9.18 Å². The Bertz CT molecular complexity index is 513. The fraction of sp³-hybridized carbons (Fsp3) is 0.385. The number of amidine groups is 1. The largest absolute Gasteiger partial charge is 0.323 e. The number of nitrogens with zero attached hydrogens (tertiary/aromatic N) is 1. The van der Waals surface area contributed by atoms with Gasteiger partial charge in [-0.05, 0) is 38.0 Å². The molecule has 2 rings (SSSR count). The Morgan fingerprint density at radius 2 is 2.11 bits per heavy atom. The van der Waals surface area contributed by atoms with Crippen molar-refractivity contribution in [3.63, 3.8) is 0 Å². The first-order valence-corrected chi connectivity index (χ1v) is 5.85. The van der Waals surface area contributed by atoms with E-state index in [4.69, 9.17) is 5.41 Å². The summed E-state index contributed by atoms with van der Waals surface area (Å²) in [4.78, 5) is 13.4. The molecule has 4 nitrogen and oxygen atoms in total. The van der Waals surface area contributed by atoms with Gasteiger partial charge in [0.2, 0.25) is 0 Å². The summed E-state index contributed by atoms with van der Waals surface area (Å²) in [7, 11) is 0. The van der Waals surface area contributed by atoms with Gasteiger partial charge in [-0.2, -0.15) is 0 Å². The number of amides is 2. The number of urea groups is 1. The van der Waals surface area contributed by atoms with Crippen LogP contribution in [0.1, 0.15) is 31.0 Å². The molecule has 1 heterocycles. The van der Waals surface area contributed by atoms with E-state index in [0.717, 1.165) is 5.56 Å². The third-order valence-corrected chi connectivity index (χ3v) is 3.08. The van der Waals surface area contributed by atoms with Gasteiger partial charge >= 0.3 is 6.03 Å². The fourth-order valence-electron chi connectivity index (χ4n) is 2.20. The zero-order valence-electron chi connectivity index (χ0n) is 10.6. The van der Waals surface area contributed by atoms with Crippen molar-refractivity contribution in [2.45, 2.75) is 32.9 Å². The van der Waals surface area contributed by atoms with Crippen LogP contribution < -0.4 is 5.32 Å². The van der Waals surface area contributed by atoms with Crippen molar-refractivity contribution in [3.8, 4) is 0 Å². The van der Waals surface area contributed by atoms with E-state index < -0.39 is 6.04 Å². The van der Waals surface area contributed by atoms with Crippen LogP contribution in [-0.4, -0.2) is 22.8 Å². The van der Waals surface area contributed by atoms with Gasteiger partial charge in [0.25, 0.3) is 0 Å². The summed E-state index contributed by atoms with van der Waals surface area (Å²) >= 11 is 0. The maximum absolute atomic E-state index is 13.3. The Labute approximate surface area is 105 Å². The number of hydrogen-bond acceptors (Lipinski definition) is 2. The monoisotopic (exact) mass is 249 g/mol. The molecular weight excluding hydrogens is 233 g/mol. The van der Waals surface area contributed by atoms with Gasteiger partial charge < -0.3 is 4.90 Å². The number of rotatable bonds is 2. The van der Waals surface area contributed by atoms with Gasteiger partial charge in [-0.25, -0.2) is 9.18 Å². The smallest absolute Gasteiger partial charge is 0.308 e. The quantitative estimate of drug-likeness (QED) is 0.831.